The number of ether oxygens (including phenoxy) is 1. The molecule has 0 radical (unpaired) electrons. The quantitative estimate of drug-likeness (QED) is 0.518. The van der Waals surface area contributed by atoms with Gasteiger partial charge in [-0.3, -0.25) is 0 Å². The molecule has 0 unspecified atom stereocenters. The molecule has 0 aliphatic carbocycles. The third-order valence-corrected chi connectivity index (χ3v) is 3.05. The summed E-state index contributed by atoms with van der Waals surface area (Å²) in [6.07, 6.45) is -4.57. The fourth-order valence-electron chi connectivity index (χ4n) is 1.35. The summed E-state index contributed by atoms with van der Waals surface area (Å²) in [5.41, 5.74) is -0.995. The summed E-state index contributed by atoms with van der Waals surface area (Å²) < 4.78 is 56.3. The van der Waals surface area contributed by atoms with Crippen LogP contribution in [0.25, 0.3) is 0 Å². The van der Waals surface area contributed by atoms with Crippen molar-refractivity contribution in [2.45, 2.75) is 6.18 Å². The lowest BCUT2D eigenvalue weighted by atomic mass is 10.2. The Hall–Kier alpha value is -1.34. The maximum Gasteiger partial charge on any atom is 0.416 e. The van der Waals surface area contributed by atoms with E-state index in [1.165, 1.54) is 12.1 Å². The van der Waals surface area contributed by atoms with Crippen LogP contribution >= 0.6 is 27.5 Å². The maximum atomic E-state index is 13.3. The molecule has 0 amide bonds. The molecule has 1 heterocycles. The van der Waals surface area contributed by atoms with Crippen molar-refractivity contribution in [1.29, 1.82) is 0 Å². The predicted molar refractivity (Wildman–Crippen MR) is 68.4 cm³/mol. The van der Waals surface area contributed by atoms with E-state index in [0.717, 1.165) is 6.07 Å². The topological polar surface area (TPSA) is 22.1 Å². The Bertz CT molecular complexity index is 648. The number of aromatic nitrogens is 1. The zero-order chi connectivity index (χ0) is 14.9. The second-order valence-electron chi connectivity index (χ2n) is 3.69. The van der Waals surface area contributed by atoms with E-state index >= 15 is 0 Å². The van der Waals surface area contributed by atoms with Gasteiger partial charge in [0.15, 0.2) is 0 Å². The predicted octanol–water partition coefficient (Wildman–Crippen LogP) is 5.45. The minimum absolute atomic E-state index is 0.00795. The standard InChI is InChI=1S/C12H5BrClF4NO/c13-8-2-1-7(5-9(8)15)20-11-4-6(12(16,17)18)3-10(14)19-11/h1-5H. The van der Waals surface area contributed by atoms with Crippen molar-refractivity contribution < 1.29 is 22.3 Å². The Kier molecular flexibility index (Phi) is 4.19. The van der Waals surface area contributed by atoms with Crippen molar-refractivity contribution in [2.24, 2.45) is 0 Å². The van der Waals surface area contributed by atoms with E-state index in [4.69, 9.17) is 16.3 Å². The van der Waals surface area contributed by atoms with Crippen LogP contribution in [0.2, 0.25) is 5.15 Å². The summed E-state index contributed by atoms with van der Waals surface area (Å²) in [6, 6.07) is 5.12. The van der Waals surface area contributed by atoms with Gasteiger partial charge in [0, 0.05) is 12.1 Å². The number of alkyl halides is 3. The molecule has 8 heteroatoms. The molecule has 0 N–H and O–H groups in total. The first-order chi connectivity index (χ1) is 9.25. The minimum atomic E-state index is -4.57. The number of hydrogen-bond donors (Lipinski definition) is 0. The average molecular weight is 371 g/mol. The summed E-state index contributed by atoms with van der Waals surface area (Å²) >= 11 is 8.45. The first-order valence-electron chi connectivity index (χ1n) is 5.13. The van der Waals surface area contributed by atoms with Gasteiger partial charge in [0.1, 0.15) is 16.7 Å². The number of pyridine rings is 1. The SMILES string of the molecule is Fc1cc(Oc2cc(C(F)(F)F)cc(Cl)n2)ccc1Br. The summed E-state index contributed by atoms with van der Waals surface area (Å²) in [6.45, 7) is 0. The van der Waals surface area contributed by atoms with Crippen molar-refractivity contribution in [1.82, 2.24) is 4.98 Å². The number of hydrogen-bond acceptors (Lipinski definition) is 2. The highest BCUT2D eigenvalue weighted by molar-refractivity contribution is 9.10. The Morgan fingerprint density at radius 2 is 1.85 bits per heavy atom. The fourth-order valence-corrected chi connectivity index (χ4v) is 1.80. The molecule has 2 nitrogen and oxygen atoms in total. The van der Waals surface area contributed by atoms with Crippen LogP contribution in [0.5, 0.6) is 11.6 Å². The van der Waals surface area contributed by atoms with Crippen LogP contribution in [-0.4, -0.2) is 4.98 Å². The Morgan fingerprint density at radius 3 is 2.45 bits per heavy atom. The summed E-state index contributed by atoms with van der Waals surface area (Å²) in [7, 11) is 0. The molecule has 2 rings (SSSR count). The second-order valence-corrected chi connectivity index (χ2v) is 4.93. The van der Waals surface area contributed by atoms with E-state index in [0.29, 0.717) is 12.1 Å². The molecule has 0 atom stereocenters. The van der Waals surface area contributed by atoms with E-state index in [2.05, 4.69) is 20.9 Å². The van der Waals surface area contributed by atoms with E-state index in [9.17, 15) is 17.6 Å². The van der Waals surface area contributed by atoms with Crippen LogP contribution < -0.4 is 4.74 Å². The van der Waals surface area contributed by atoms with Gasteiger partial charge in [0.05, 0.1) is 10.0 Å². The maximum absolute atomic E-state index is 13.3. The smallest absolute Gasteiger partial charge is 0.416 e. The zero-order valence-electron chi connectivity index (χ0n) is 9.51. The van der Waals surface area contributed by atoms with Gasteiger partial charge in [-0.1, -0.05) is 11.6 Å². The molecule has 0 aliphatic heterocycles. The first kappa shape index (κ1) is 15.1. The largest absolute Gasteiger partial charge is 0.439 e. The third-order valence-electron chi connectivity index (χ3n) is 2.21. The van der Waals surface area contributed by atoms with E-state index in [1.807, 2.05) is 0 Å². The molecule has 1 aromatic carbocycles. The number of halogens is 6. The molecule has 2 aromatic rings. The zero-order valence-corrected chi connectivity index (χ0v) is 11.9. The van der Waals surface area contributed by atoms with Gasteiger partial charge in [-0.05, 0) is 34.1 Å². The Labute approximate surface area is 124 Å². The molecular weight excluding hydrogens is 365 g/mol. The molecule has 0 fully saturated rings. The molecule has 0 spiro atoms. The van der Waals surface area contributed by atoms with Crippen LogP contribution in [-0.2, 0) is 6.18 Å². The van der Waals surface area contributed by atoms with Crippen LogP contribution in [0.1, 0.15) is 5.56 Å². The molecule has 1 aromatic heterocycles. The highest BCUT2D eigenvalue weighted by Crippen LogP contribution is 2.34. The van der Waals surface area contributed by atoms with Gasteiger partial charge in [-0.2, -0.15) is 13.2 Å². The molecular formula is C12H5BrClF4NO. The highest BCUT2D eigenvalue weighted by atomic mass is 79.9. The lowest BCUT2D eigenvalue weighted by molar-refractivity contribution is -0.137. The van der Waals surface area contributed by atoms with Gasteiger partial charge in [-0.15, -0.1) is 0 Å². The van der Waals surface area contributed by atoms with Gasteiger partial charge in [-0.25, -0.2) is 9.37 Å². The van der Waals surface area contributed by atoms with Crippen molar-refractivity contribution in [2.75, 3.05) is 0 Å². The van der Waals surface area contributed by atoms with Crippen molar-refractivity contribution >= 4 is 27.5 Å². The number of rotatable bonds is 2. The monoisotopic (exact) mass is 369 g/mol. The number of nitrogens with zero attached hydrogens (tertiary/aromatic N) is 1. The lowest BCUT2D eigenvalue weighted by Crippen LogP contribution is -2.05. The average Bonchev–Trinajstić information content (AvgIpc) is 2.32. The van der Waals surface area contributed by atoms with Gasteiger partial charge >= 0.3 is 6.18 Å². The Morgan fingerprint density at radius 1 is 1.15 bits per heavy atom. The summed E-state index contributed by atoms with van der Waals surface area (Å²) in [4.78, 5) is 3.60. The number of benzene rings is 1. The summed E-state index contributed by atoms with van der Waals surface area (Å²) in [5.74, 6) is -0.972. The van der Waals surface area contributed by atoms with Crippen LogP contribution in [0.15, 0.2) is 34.8 Å². The molecule has 0 saturated heterocycles. The second kappa shape index (κ2) is 5.57. The van der Waals surface area contributed by atoms with Crippen molar-refractivity contribution in [3.8, 4) is 11.6 Å². The van der Waals surface area contributed by atoms with Gasteiger partial charge in [0.2, 0.25) is 5.88 Å². The van der Waals surface area contributed by atoms with Gasteiger partial charge < -0.3 is 4.74 Å². The molecule has 0 aliphatic rings. The van der Waals surface area contributed by atoms with Crippen LogP contribution in [0.3, 0.4) is 0 Å². The third kappa shape index (κ3) is 3.61. The van der Waals surface area contributed by atoms with Crippen LogP contribution in [0, 0.1) is 5.82 Å². The normalized spacial score (nSPS) is 11.5. The van der Waals surface area contributed by atoms with E-state index < -0.39 is 17.6 Å². The first-order valence-corrected chi connectivity index (χ1v) is 6.30. The molecule has 0 saturated carbocycles. The van der Waals surface area contributed by atoms with Crippen molar-refractivity contribution in [3.63, 3.8) is 0 Å². The summed E-state index contributed by atoms with van der Waals surface area (Å²) in [5, 5.41) is -0.368. The molecule has 0 bridgehead atoms. The lowest BCUT2D eigenvalue weighted by Gasteiger charge is -2.10. The minimum Gasteiger partial charge on any atom is -0.439 e. The molecule has 106 valence electrons. The fraction of sp³-hybridized carbons (Fsp3) is 0.0833. The van der Waals surface area contributed by atoms with Crippen molar-refractivity contribution in [3.05, 3.63) is 51.3 Å². The Balaban J connectivity index is 2.33. The van der Waals surface area contributed by atoms with Gasteiger partial charge in [0.25, 0.3) is 0 Å². The van der Waals surface area contributed by atoms with E-state index in [-0.39, 0.29) is 21.3 Å². The molecule has 20 heavy (non-hydrogen) atoms. The van der Waals surface area contributed by atoms with E-state index in [1.54, 1.807) is 0 Å². The highest BCUT2D eigenvalue weighted by Gasteiger charge is 2.31. The van der Waals surface area contributed by atoms with Crippen LogP contribution in [0.4, 0.5) is 17.6 Å².